The Morgan fingerprint density at radius 1 is 0.892 bits per heavy atom. The molecule has 3 aromatic carbocycles. The summed E-state index contributed by atoms with van der Waals surface area (Å²) in [6.45, 7) is 2.21. The number of hydrogen-bond acceptors (Lipinski definition) is 3. The van der Waals surface area contributed by atoms with Crippen LogP contribution in [0.15, 0.2) is 72.8 Å². The second-order valence-electron chi connectivity index (χ2n) is 8.94. The number of carbonyl (C=O) groups excluding carboxylic acids is 1. The summed E-state index contributed by atoms with van der Waals surface area (Å²) in [4.78, 5) is 22.8. The van der Waals surface area contributed by atoms with Crippen molar-refractivity contribution in [2.75, 3.05) is 11.9 Å². The molecule has 1 amide bonds. The highest BCUT2D eigenvalue weighted by atomic mass is 19.4. The van der Waals surface area contributed by atoms with E-state index in [-0.39, 0.29) is 24.9 Å². The Kier molecular flexibility index (Phi) is 9.71. The van der Waals surface area contributed by atoms with Gasteiger partial charge in [0.25, 0.3) is 5.91 Å². The third-order valence-corrected chi connectivity index (χ3v) is 6.03. The average molecular weight is 513 g/mol. The molecule has 8 heteroatoms. The molecule has 1 unspecified atom stereocenters. The van der Waals surface area contributed by atoms with Crippen LogP contribution in [0.4, 0.5) is 18.9 Å². The van der Waals surface area contributed by atoms with E-state index in [2.05, 4.69) is 17.6 Å². The molecule has 3 rings (SSSR count). The van der Waals surface area contributed by atoms with Crippen LogP contribution in [0.25, 0.3) is 11.1 Å². The Morgan fingerprint density at radius 3 is 2.03 bits per heavy atom. The fraction of sp³-hybridized carbons (Fsp3) is 0.310. The van der Waals surface area contributed by atoms with E-state index >= 15 is 0 Å². The molecule has 0 aromatic heterocycles. The van der Waals surface area contributed by atoms with Crippen molar-refractivity contribution < 1.29 is 27.9 Å². The number of carboxylic acids is 1. The lowest BCUT2D eigenvalue weighted by molar-refractivity contribution is -0.138. The molecule has 0 bridgehead atoms. The summed E-state index contributed by atoms with van der Waals surface area (Å²) in [6.07, 6.45) is -0.654. The minimum absolute atomic E-state index is 0.0743. The quantitative estimate of drug-likeness (QED) is 0.250. The van der Waals surface area contributed by atoms with Gasteiger partial charge in [-0.2, -0.15) is 13.2 Å². The van der Waals surface area contributed by atoms with E-state index in [0.29, 0.717) is 5.56 Å². The number of halogens is 3. The van der Waals surface area contributed by atoms with Gasteiger partial charge in [0, 0.05) is 23.8 Å². The summed E-state index contributed by atoms with van der Waals surface area (Å²) >= 11 is 0. The first kappa shape index (κ1) is 27.8. The largest absolute Gasteiger partial charge is 0.481 e. The maximum absolute atomic E-state index is 12.8. The monoisotopic (exact) mass is 512 g/mol. The number of anilines is 1. The fourth-order valence-corrected chi connectivity index (χ4v) is 3.98. The summed E-state index contributed by atoms with van der Waals surface area (Å²) in [5, 5.41) is 14.8. The molecule has 1 atom stereocenters. The van der Waals surface area contributed by atoms with Crippen molar-refractivity contribution in [3.63, 3.8) is 0 Å². The molecule has 0 aliphatic rings. The summed E-state index contributed by atoms with van der Waals surface area (Å²) in [5.41, 5.74) is 3.37. The molecule has 0 radical (unpaired) electrons. The maximum Gasteiger partial charge on any atom is 0.416 e. The van der Waals surface area contributed by atoms with E-state index in [1.165, 1.54) is 12.1 Å². The van der Waals surface area contributed by atoms with E-state index in [1.54, 1.807) is 12.1 Å². The predicted octanol–water partition coefficient (Wildman–Crippen LogP) is 6.79. The number of unbranched alkanes of at least 4 members (excludes halogenated alkanes) is 1. The Hall–Kier alpha value is -3.81. The van der Waals surface area contributed by atoms with Gasteiger partial charge in [0.05, 0.1) is 12.0 Å². The van der Waals surface area contributed by atoms with Gasteiger partial charge in [0.15, 0.2) is 0 Å². The van der Waals surface area contributed by atoms with Crippen LogP contribution in [0.3, 0.4) is 0 Å². The standard InChI is InChI=1S/C29H31F3N2O3/c1-2-3-4-26(34-25-15-11-23(12-16-25)28(37)33-18-17-27(35)36)19-20-5-7-21(8-6-20)22-9-13-24(14-10-22)29(30,31)32/h5-16,26,34H,2-4,17-19H2,1H3,(H,33,37)(H,35,36). The lowest BCUT2D eigenvalue weighted by atomic mass is 9.97. The van der Waals surface area contributed by atoms with E-state index in [0.717, 1.165) is 60.2 Å². The topological polar surface area (TPSA) is 78.4 Å². The number of amides is 1. The zero-order valence-electron chi connectivity index (χ0n) is 20.6. The van der Waals surface area contributed by atoms with Crippen LogP contribution in [0.1, 0.15) is 54.1 Å². The van der Waals surface area contributed by atoms with Crippen LogP contribution in [-0.4, -0.2) is 29.6 Å². The van der Waals surface area contributed by atoms with Gasteiger partial charge in [0.2, 0.25) is 0 Å². The molecule has 0 aliphatic carbocycles. The van der Waals surface area contributed by atoms with Crippen LogP contribution in [0, 0.1) is 0 Å². The molecule has 3 aromatic rings. The number of nitrogens with one attached hydrogen (secondary N) is 2. The van der Waals surface area contributed by atoms with Gasteiger partial charge in [-0.3, -0.25) is 9.59 Å². The van der Waals surface area contributed by atoms with Crippen molar-refractivity contribution >= 4 is 17.6 Å². The van der Waals surface area contributed by atoms with Crippen molar-refractivity contribution in [3.8, 4) is 11.1 Å². The van der Waals surface area contributed by atoms with E-state index in [9.17, 15) is 22.8 Å². The summed E-state index contributed by atoms with van der Waals surface area (Å²) in [5.74, 6) is -1.28. The minimum atomic E-state index is -4.35. The number of carbonyl (C=O) groups is 2. The summed E-state index contributed by atoms with van der Waals surface area (Å²) in [6, 6.07) is 20.2. The Morgan fingerprint density at radius 2 is 1.49 bits per heavy atom. The highest BCUT2D eigenvalue weighted by molar-refractivity contribution is 5.94. The smallest absolute Gasteiger partial charge is 0.416 e. The highest BCUT2D eigenvalue weighted by Crippen LogP contribution is 2.31. The third-order valence-electron chi connectivity index (χ3n) is 6.03. The van der Waals surface area contributed by atoms with Gasteiger partial charge < -0.3 is 15.7 Å². The lowest BCUT2D eigenvalue weighted by Gasteiger charge is -2.20. The molecular weight excluding hydrogens is 481 g/mol. The molecule has 0 heterocycles. The molecule has 37 heavy (non-hydrogen) atoms. The van der Waals surface area contributed by atoms with Crippen LogP contribution >= 0.6 is 0 Å². The highest BCUT2D eigenvalue weighted by Gasteiger charge is 2.29. The van der Waals surface area contributed by atoms with E-state index in [4.69, 9.17) is 5.11 Å². The predicted molar refractivity (Wildman–Crippen MR) is 139 cm³/mol. The molecule has 0 saturated carbocycles. The number of hydrogen-bond donors (Lipinski definition) is 3. The first-order chi connectivity index (χ1) is 17.7. The van der Waals surface area contributed by atoms with Gasteiger partial charge in [-0.25, -0.2) is 0 Å². The van der Waals surface area contributed by atoms with Crippen molar-refractivity contribution in [1.29, 1.82) is 0 Å². The SMILES string of the molecule is CCCCC(Cc1ccc(-c2ccc(C(F)(F)F)cc2)cc1)Nc1ccc(C(=O)NCCC(=O)O)cc1. The number of alkyl halides is 3. The number of carboxylic acid groups (broad SMARTS) is 1. The van der Waals surface area contributed by atoms with Crippen LogP contribution in [-0.2, 0) is 17.4 Å². The molecule has 0 spiro atoms. The lowest BCUT2D eigenvalue weighted by Crippen LogP contribution is -2.26. The summed E-state index contributed by atoms with van der Waals surface area (Å²) in [7, 11) is 0. The zero-order valence-corrected chi connectivity index (χ0v) is 20.6. The molecule has 0 fully saturated rings. The van der Waals surface area contributed by atoms with Crippen LogP contribution < -0.4 is 10.6 Å². The maximum atomic E-state index is 12.8. The van der Waals surface area contributed by atoms with Crippen molar-refractivity contribution in [2.24, 2.45) is 0 Å². The Labute approximate surface area is 214 Å². The second kappa shape index (κ2) is 12.9. The Balaban J connectivity index is 1.62. The van der Waals surface area contributed by atoms with Crippen molar-refractivity contribution in [1.82, 2.24) is 5.32 Å². The normalized spacial score (nSPS) is 12.1. The molecule has 3 N–H and O–H groups in total. The van der Waals surface area contributed by atoms with Gasteiger partial charge in [0.1, 0.15) is 0 Å². The van der Waals surface area contributed by atoms with E-state index < -0.39 is 17.7 Å². The molecule has 5 nitrogen and oxygen atoms in total. The second-order valence-corrected chi connectivity index (χ2v) is 8.94. The van der Waals surface area contributed by atoms with Crippen molar-refractivity contribution in [2.45, 2.75) is 51.2 Å². The minimum Gasteiger partial charge on any atom is -0.481 e. The average Bonchev–Trinajstić information content (AvgIpc) is 2.87. The van der Waals surface area contributed by atoms with Crippen LogP contribution in [0.2, 0.25) is 0 Å². The molecule has 0 aliphatic heterocycles. The fourth-order valence-electron chi connectivity index (χ4n) is 3.98. The first-order valence-corrected chi connectivity index (χ1v) is 12.3. The molecular formula is C29H31F3N2O3. The number of aliphatic carboxylic acids is 1. The Bertz CT molecular complexity index is 1160. The van der Waals surface area contributed by atoms with Gasteiger partial charge in [-0.15, -0.1) is 0 Å². The van der Waals surface area contributed by atoms with Gasteiger partial charge in [-0.05, 0) is 65.9 Å². The molecule has 196 valence electrons. The van der Waals surface area contributed by atoms with E-state index in [1.807, 2.05) is 36.4 Å². The van der Waals surface area contributed by atoms with Gasteiger partial charge >= 0.3 is 12.1 Å². The molecule has 0 saturated heterocycles. The zero-order chi connectivity index (χ0) is 26.8. The van der Waals surface area contributed by atoms with Crippen LogP contribution in [0.5, 0.6) is 0 Å². The third kappa shape index (κ3) is 8.66. The number of rotatable bonds is 12. The van der Waals surface area contributed by atoms with Gasteiger partial charge in [-0.1, -0.05) is 56.2 Å². The first-order valence-electron chi connectivity index (χ1n) is 12.3. The summed E-state index contributed by atoms with van der Waals surface area (Å²) < 4.78 is 38.5. The van der Waals surface area contributed by atoms with Crippen molar-refractivity contribution in [3.05, 3.63) is 89.5 Å². The number of benzene rings is 3.